The second-order valence-electron chi connectivity index (χ2n) is 3.41. The summed E-state index contributed by atoms with van der Waals surface area (Å²) in [7, 11) is 0. The standard InChI is InChI=1S/C8H13N3O2/c1-6(2)3-4-7-8(11(12)13)5-9-10-7/h5-6H,3-4H2,1-2H3,(H,9,10). The number of aryl methyl sites for hydroxylation is 1. The zero-order chi connectivity index (χ0) is 9.84. The van der Waals surface area contributed by atoms with E-state index in [1.807, 2.05) is 0 Å². The van der Waals surface area contributed by atoms with Crippen LogP contribution in [0.2, 0.25) is 0 Å². The molecule has 5 nitrogen and oxygen atoms in total. The average molecular weight is 183 g/mol. The molecule has 0 saturated carbocycles. The molecule has 0 unspecified atom stereocenters. The monoisotopic (exact) mass is 183 g/mol. The fraction of sp³-hybridized carbons (Fsp3) is 0.625. The fourth-order valence-corrected chi connectivity index (χ4v) is 1.08. The molecule has 0 saturated heterocycles. The predicted octanol–water partition coefficient (Wildman–Crippen LogP) is 1.91. The van der Waals surface area contributed by atoms with Crippen LogP contribution in [0, 0.1) is 16.0 Å². The van der Waals surface area contributed by atoms with Crippen LogP contribution in [0.15, 0.2) is 6.20 Å². The zero-order valence-electron chi connectivity index (χ0n) is 7.78. The van der Waals surface area contributed by atoms with E-state index in [2.05, 4.69) is 24.0 Å². The summed E-state index contributed by atoms with van der Waals surface area (Å²) in [5, 5.41) is 16.8. The minimum atomic E-state index is -0.404. The largest absolute Gasteiger partial charge is 0.309 e. The third-order valence-electron chi connectivity index (χ3n) is 1.85. The lowest BCUT2D eigenvalue weighted by Gasteiger charge is -2.00. The molecule has 0 bridgehead atoms. The number of hydrogen-bond acceptors (Lipinski definition) is 3. The lowest BCUT2D eigenvalue weighted by Crippen LogP contribution is -1.96. The zero-order valence-corrected chi connectivity index (χ0v) is 7.78. The van der Waals surface area contributed by atoms with E-state index in [0.29, 0.717) is 18.0 Å². The summed E-state index contributed by atoms with van der Waals surface area (Å²) in [5.74, 6) is 0.538. The van der Waals surface area contributed by atoms with Gasteiger partial charge in [-0.1, -0.05) is 13.8 Å². The Labute approximate surface area is 76.3 Å². The number of aromatic amines is 1. The number of rotatable bonds is 4. The van der Waals surface area contributed by atoms with Gasteiger partial charge in [-0.15, -0.1) is 0 Å². The van der Waals surface area contributed by atoms with Crippen LogP contribution in [-0.4, -0.2) is 15.1 Å². The molecular formula is C8H13N3O2. The van der Waals surface area contributed by atoms with Gasteiger partial charge in [-0.2, -0.15) is 5.10 Å². The maximum absolute atomic E-state index is 10.5. The number of hydrogen-bond donors (Lipinski definition) is 1. The molecule has 0 aliphatic heterocycles. The van der Waals surface area contributed by atoms with Crippen molar-refractivity contribution < 1.29 is 4.92 Å². The van der Waals surface area contributed by atoms with E-state index in [1.54, 1.807) is 0 Å². The molecule has 0 radical (unpaired) electrons. The first-order valence-electron chi connectivity index (χ1n) is 4.28. The minimum Gasteiger partial charge on any atom is -0.278 e. The Balaban J connectivity index is 2.65. The highest BCUT2D eigenvalue weighted by atomic mass is 16.6. The molecule has 13 heavy (non-hydrogen) atoms. The van der Waals surface area contributed by atoms with Crippen LogP contribution in [0.25, 0.3) is 0 Å². The van der Waals surface area contributed by atoms with Crippen molar-refractivity contribution in [2.24, 2.45) is 5.92 Å². The summed E-state index contributed by atoms with van der Waals surface area (Å²) in [6.45, 7) is 4.16. The van der Waals surface area contributed by atoms with E-state index in [4.69, 9.17) is 0 Å². The maximum Gasteiger partial charge on any atom is 0.309 e. The molecule has 0 amide bonds. The highest BCUT2D eigenvalue weighted by molar-refractivity contribution is 5.31. The van der Waals surface area contributed by atoms with Crippen molar-refractivity contribution in [3.05, 3.63) is 22.0 Å². The average Bonchev–Trinajstić information content (AvgIpc) is 2.47. The molecule has 0 atom stereocenters. The summed E-state index contributed by atoms with van der Waals surface area (Å²) < 4.78 is 0. The Morgan fingerprint density at radius 1 is 1.69 bits per heavy atom. The van der Waals surface area contributed by atoms with Crippen LogP contribution in [0.5, 0.6) is 0 Å². The van der Waals surface area contributed by atoms with E-state index in [9.17, 15) is 10.1 Å². The van der Waals surface area contributed by atoms with Crippen LogP contribution in [0.1, 0.15) is 26.0 Å². The molecular weight excluding hydrogens is 170 g/mol. The molecule has 5 heteroatoms. The fourth-order valence-electron chi connectivity index (χ4n) is 1.08. The number of aromatic nitrogens is 2. The van der Waals surface area contributed by atoms with Gasteiger partial charge < -0.3 is 0 Å². The Bertz CT molecular complexity index is 293. The van der Waals surface area contributed by atoms with Crippen LogP contribution in [0.4, 0.5) is 5.69 Å². The van der Waals surface area contributed by atoms with Crippen molar-refractivity contribution in [2.75, 3.05) is 0 Å². The van der Waals surface area contributed by atoms with Crippen LogP contribution in [-0.2, 0) is 6.42 Å². The lowest BCUT2D eigenvalue weighted by molar-refractivity contribution is -0.385. The molecule has 0 fully saturated rings. The molecule has 1 heterocycles. The Hall–Kier alpha value is -1.39. The van der Waals surface area contributed by atoms with Crippen molar-refractivity contribution >= 4 is 5.69 Å². The Morgan fingerprint density at radius 3 is 2.92 bits per heavy atom. The second-order valence-corrected chi connectivity index (χ2v) is 3.41. The van der Waals surface area contributed by atoms with Gasteiger partial charge >= 0.3 is 5.69 Å². The van der Waals surface area contributed by atoms with E-state index in [1.165, 1.54) is 6.20 Å². The highest BCUT2D eigenvalue weighted by Gasteiger charge is 2.15. The Kier molecular flexibility index (Phi) is 3.00. The van der Waals surface area contributed by atoms with Crippen molar-refractivity contribution in [1.29, 1.82) is 0 Å². The molecule has 72 valence electrons. The highest BCUT2D eigenvalue weighted by Crippen LogP contribution is 2.17. The van der Waals surface area contributed by atoms with Crippen LogP contribution >= 0.6 is 0 Å². The molecule has 1 aromatic rings. The van der Waals surface area contributed by atoms with Gasteiger partial charge in [-0.25, -0.2) is 0 Å². The van der Waals surface area contributed by atoms with Crippen molar-refractivity contribution in [1.82, 2.24) is 10.2 Å². The van der Waals surface area contributed by atoms with Gasteiger partial charge in [-0.05, 0) is 18.8 Å². The predicted molar refractivity (Wildman–Crippen MR) is 48.4 cm³/mol. The van der Waals surface area contributed by atoms with E-state index < -0.39 is 4.92 Å². The second kappa shape index (κ2) is 4.02. The topological polar surface area (TPSA) is 71.8 Å². The molecule has 1 N–H and O–H groups in total. The van der Waals surface area contributed by atoms with Gasteiger partial charge in [0.25, 0.3) is 0 Å². The summed E-state index contributed by atoms with van der Waals surface area (Å²) >= 11 is 0. The molecule has 0 spiro atoms. The van der Waals surface area contributed by atoms with Gasteiger partial charge in [0.2, 0.25) is 0 Å². The molecule has 1 rings (SSSR count). The van der Waals surface area contributed by atoms with E-state index in [-0.39, 0.29) is 5.69 Å². The number of H-pyrrole nitrogens is 1. The first-order chi connectivity index (χ1) is 6.11. The van der Waals surface area contributed by atoms with Crippen molar-refractivity contribution in [3.8, 4) is 0 Å². The van der Waals surface area contributed by atoms with Crippen molar-refractivity contribution in [2.45, 2.75) is 26.7 Å². The van der Waals surface area contributed by atoms with Gasteiger partial charge in [0.1, 0.15) is 5.69 Å². The van der Waals surface area contributed by atoms with Gasteiger partial charge in [0.05, 0.1) is 11.1 Å². The SMILES string of the molecule is CC(C)CCc1n[nH]cc1[N+](=O)[O-]. The summed E-state index contributed by atoms with van der Waals surface area (Å²) in [6.07, 6.45) is 2.92. The molecule has 1 aromatic heterocycles. The van der Waals surface area contributed by atoms with Crippen LogP contribution < -0.4 is 0 Å². The molecule has 0 aromatic carbocycles. The third-order valence-corrected chi connectivity index (χ3v) is 1.85. The summed E-state index contributed by atoms with van der Waals surface area (Å²) in [6, 6.07) is 0. The summed E-state index contributed by atoms with van der Waals surface area (Å²) in [4.78, 5) is 10.1. The molecule has 0 aliphatic carbocycles. The lowest BCUT2D eigenvalue weighted by atomic mass is 10.1. The van der Waals surface area contributed by atoms with E-state index in [0.717, 1.165) is 6.42 Å². The van der Waals surface area contributed by atoms with Crippen molar-refractivity contribution in [3.63, 3.8) is 0 Å². The first-order valence-corrected chi connectivity index (χ1v) is 4.28. The summed E-state index contributed by atoms with van der Waals surface area (Å²) in [5.41, 5.74) is 0.652. The van der Waals surface area contributed by atoms with Gasteiger partial charge in [-0.3, -0.25) is 15.2 Å². The van der Waals surface area contributed by atoms with Gasteiger partial charge in [0, 0.05) is 0 Å². The Morgan fingerprint density at radius 2 is 2.38 bits per heavy atom. The molecule has 0 aliphatic rings. The minimum absolute atomic E-state index is 0.0978. The van der Waals surface area contributed by atoms with Gasteiger partial charge in [0.15, 0.2) is 0 Å². The number of nitro groups is 1. The third kappa shape index (κ3) is 2.54. The smallest absolute Gasteiger partial charge is 0.278 e. The quantitative estimate of drug-likeness (QED) is 0.572. The maximum atomic E-state index is 10.5. The first kappa shape index (κ1) is 9.70. The normalized spacial score (nSPS) is 10.7. The number of nitrogens with one attached hydrogen (secondary N) is 1. The van der Waals surface area contributed by atoms with Crippen LogP contribution in [0.3, 0.4) is 0 Å². The number of nitrogens with zero attached hydrogens (tertiary/aromatic N) is 2. The van der Waals surface area contributed by atoms with E-state index >= 15 is 0 Å².